The lowest BCUT2D eigenvalue weighted by Crippen LogP contribution is -2.54. The van der Waals surface area contributed by atoms with Gasteiger partial charge in [0.05, 0.1) is 5.56 Å². The van der Waals surface area contributed by atoms with Crippen molar-refractivity contribution in [1.82, 2.24) is 9.80 Å². The highest BCUT2D eigenvalue weighted by molar-refractivity contribution is 5.68. The molecule has 1 spiro atoms. The molecule has 3 aliphatic heterocycles. The molecule has 0 aliphatic carbocycles. The number of piperidine rings is 1. The molecule has 0 aromatic heterocycles. The number of benzene rings is 1. The number of carbonyl (C=O) groups is 1. The van der Waals surface area contributed by atoms with Gasteiger partial charge in [0, 0.05) is 44.0 Å². The molecule has 230 valence electrons. The predicted octanol–water partition coefficient (Wildman–Crippen LogP) is 5.78. The number of hydrogen-bond acceptors (Lipinski definition) is 6. The number of hydrogen-bond donors (Lipinski definition) is 0. The van der Waals surface area contributed by atoms with E-state index in [0.717, 1.165) is 36.3 Å². The highest BCUT2D eigenvalue weighted by Gasteiger charge is 2.60. The van der Waals surface area contributed by atoms with Gasteiger partial charge in [-0.1, -0.05) is 0 Å². The molecule has 0 atom stereocenters. The first-order chi connectivity index (χ1) is 19.0. The minimum Gasteiger partial charge on any atom is -0.426 e. The van der Waals surface area contributed by atoms with Crippen LogP contribution in [0.15, 0.2) is 18.2 Å². The molecule has 0 saturated carbocycles. The Morgan fingerprint density at radius 1 is 0.829 bits per heavy atom. The summed E-state index contributed by atoms with van der Waals surface area (Å²) in [4.78, 5) is 33.2. The standard InChI is InChI=1S/C24H28F9N3O2.CO2/c25-22(26,27)17-12-16(13-18(14-17)34-7-1-2-8-34)15-36-9-3-4-21(36)5-10-35(11-6-21)20(37)38-19(23(28,29)30)24(31,32)33;2-1-3/h12-14,19H,1-11,15H2;. The second-order valence-electron chi connectivity index (χ2n) is 10.2. The van der Waals surface area contributed by atoms with Gasteiger partial charge in [-0.3, -0.25) is 4.90 Å². The number of rotatable bonds is 4. The summed E-state index contributed by atoms with van der Waals surface area (Å²) in [6.07, 6.45) is -18.1. The van der Waals surface area contributed by atoms with Crippen molar-refractivity contribution < 1.29 is 58.6 Å². The number of halogens is 9. The first-order valence-electron chi connectivity index (χ1n) is 12.8. The number of carbonyl (C=O) groups excluding carboxylic acids is 3. The maximum Gasteiger partial charge on any atom is 0.434 e. The molecule has 0 bridgehead atoms. The van der Waals surface area contributed by atoms with Gasteiger partial charge < -0.3 is 14.5 Å². The normalized spacial score (nSPS) is 19.8. The summed E-state index contributed by atoms with van der Waals surface area (Å²) in [5, 5.41) is 0. The second-order valence-corrected chi connectivity index (χ2v) is 10.2. The fraction of sp³-hybridized carbons (Fsp3) is 0.680. The zero-order valence-electron chi connectivity index (χ0n) is 21.7. The van der Waals surface area contributed by atoms with Crippen LogP contribution in [0.3, 0.4) is 0 Å². The van der Waals surface area contributed by atoms with Crippen molar-refractivity contribution in [3.8, 4) is 0 Å². The quantitative estimate of drug-likeness (QED) is 0.406. The summed E-state index contributed by atoms with van der Waals surface area (Å²) < 4.78 is 121. The van der Waals surface area contributed by atoms with Crippen LogP contribution in [-0.2, 0) is 27.0 Å². The molecule has 3 heterocycles. The third kappa shape index (κ3) is 8.06. The van der Waals surface area contributed by atoms with Crippen LogP contribution in [0.25, 0.3) is 0 Å². The first kappa shape index (κ1) is 32.5. The van der Waals surface area contributed by atoms with Gasteiger partial charge in [-0.15, -0.1) is 0 Å². The Balaban J connectivity index is 0.00000147. The van der Waals surface area contributed by atoms with Crippen molar-refractivity contribution in [1.29, 1.82) is 0 Å². The Bertz CT molecular complexity index is 1070. The number of anilines is 1. The van der Waals surface area contributed by atoms with Gasteiger partial charge in [0.15, 0.2) is 0 Å². The second kappa shape index (κ2) is 12.5. The summed E-state index contributed by atoms with van der Waals surface area (Å²) in [7, 11) is 0. The monoisotopic (exact) mass is 605 g/mol. The van der Waals surface area contributed by atoms with Gasteiger partial charge in [-0.25, -0.2) is 4.79 Å². The molecule has 3 aliphatic rings. The van der Waals surface area contributed by atoms with Crippen molar-refractivity contribution in [2.75, 3.05) is 37.6 Å². The fourth-order valence-corrected chi connectivity index (χ4v) is 5.71. The summed E-state index contributed by atoms with van der Waals surface area (Å²) in [5.74, 6) is 0. The molecule has 1 aromatic rings. The zero-order chi connectivity index (χ0) is 30.6. The van der Waals surface area contributed by atoms with Crippen molar-refractivity contribution in [2.45, 2.75) is 75.2 Å². The third-order valence-corrected chi connectivity index (χ3v) is 7.66. The molecule has 3 saturated heterocycles. The lowest BCUT2D eigenvalue weighted by molar-refractivity contribution is -0.308. The van der Waals surface area contributed by atoms with E-state index < -0.39 is 41.8 Å². The van der Waals surface area contributed by atoms with Crippen LogP contribution < -0.4 is 4.90 Å². The number of nitrogens with zero attached hydrogens (tertiary/aromatic N) is 3. The molecular formula is C25H28F9N3O4. The Hall–Kier alpha value is -3.00. The van der Waals surface area contributed by atoms with Crippen LogP contribution in [0.4, 0.5) is 50.0 Å². The van der Waals surface area contributed by atoms with Gasteiger partial charge in [-0.2, -0.15) is 49.1 Å². The Morgan fingerprint density at radius 2 is 1.39 bits per heavy atom. The molecule has 0 N–H and O–H groups in total. The Morgan fingerprint density at radius 3 is 1.90 bits per heavy atom. The van der Waals surface area contributed by atoms with E-state index in [9.17, 15) is 44.3 Å². The van der Waals surface area contributed by atoms with Crippen molar-refractivity contribution in [3.05, 3.63) is 29.3 Å². The summed E-state index contributed by atoms with van der Waals surface area (Å²) >= 11 is 0. The van der Waals surface area contributed by atoms with E-state index in [1.54, 1.807) is 6.07 Å². The maximum atomic E-state index is 13.6. The molecule has 16 heteroatoms. The molecule has 1 amide bonds. The van der Waals surface area contributed by atoms with Gasteiger partial charge in [0.25, 0.3) is 6.10 Å². The Labute approximate surface area is 229 Å². The van der Waals surface area contributed by atoms with Crippen molar-refractivity contribution >= 4 is 17.9 Å². The van der Waals surface area contributed by atoms with E-state index in [0.29, 0.717) is 37.3 Å². The van der Waals surface area contributed by atoms with Gasteiger partial charge in [0.1, 0.15) is 0 Å². The number of alkyl halides is 9. The lowest BCUT2D eigenvalue weighted by Gasteiger charge is -2.45. The van der Waals surface area contributed by atoms with Gasteiger partial charge in [0.2, 0.25) is 0 Å². The highest BCUT2D eigenvalue weighted by Crippen LogP contribution is 2.42. The van der Waals surface area contributed by atoms with E-state index in [-0.39, 0.29) is 38.6 Å². The molecule has 7 nitrogen and oxygen atoms in total. The molecule has 0 radical (unpaired) electrons. The molecule has 0 unspecified atom stereocenters. The molecule has 3 fully saturated rings. The van der Waals surface area contributed by atoms with Gasteiger partial charge in [-0.05, 0) is 68.8 Å². The van der Waals surface area contributed by atoms with Crippen LogP contribution >= 0.6 is 0 Å². The van der Waals surface area contributed by atoms with E-state index >= 15 is 0 Å². The number of amides is 1. The van der Waals surface area contributed by atoms with Crippen molar-refractivity contribution in [3.63, 3.8) is 0 Å². The predicted molar refractivity (Wildman–Crippen MR) is 123 cm³/mol. The third-order valence-electron chi connectivity index (χ3n) is 7.66. The average molecular weight is 605 g/mol. The minimum atomic E-state index is -5.80. The minimum absolute atomic E-state index is 0.126. The van der Waals surface area contributed by atoms with E-state index in [1.165, 1.54) is 0 Å². The number of likely N-dealkylation sites (tertiary alicyclic amines) is 2. The zero-order valence-corrected chi connectivity index (χ0v) is 21.7. The van der Waals surface area contributed by atoms with Crippen LogP contribution in [0.5, 0.6) is 0 Å². The van der Waals surface area contributed by atoms with Gasteiger partial charge >= 0.3 is 30.8 Å². The van der Waals surface area contributed by atoms with Crippen LogP contribution in [0.1, 0.15) is 49.7 Å². The van der Waals surface area contributed by atoms with Crippen molar-refractivity contribution in [2.24, 2.45) is 0 Å². The average Bonchev–Trinajstić information content (AvgIpc) is 3.52. The van der Waals surface area contributed by atoms with Crippen LogP contribution in [0.2, 0.25) is 0 Å². The molecule has 41 heavy (non-hydrogen) atoms. The lowest BCUT2D eigenvalue weighted by atomic mass is 9.84. The topological polar surface area (TPSA) is 70.2 Å². The molecule has 4 rings (SSSR count). The summed E-state index contributed by atoms with van der Waals surface area (Å²) in [5.41, 5.74) is -0.289. The summed E-state index contributed by atoms with van der Waals surface area (Å²) in [6, 6.07) is 4.01. The van der Waals surface area contributed by atoms with E-state index in [4.69, 9.17) is 9.59 Å². The largest absolute Gasteiger partial charge is 0.434 e. The SMILES string of the molecule is O=C(OC(C(F)(F)F)C(F)(F)F)N1CCC2(CCCN2Cc2cc(N3CCCC3)cc(C(F)(F)F)c2)CC1.O=C=O. The maximum absolute atomic E-state index is 13.6. The highest BCUT2D eigenvalue weighted by atomic mass is 19.4. The fourth-order valence-electron chi connectivity index (χ4n) is 5.71. The summed E-state index contributed by atoms with van der Waals surface area (Å²) in [6.45, 7) is 1.87. The van der Waals surface area contributed by atoms with Crippen LogP contribution in [-0.4, -0.2) is 78.8 Å². The van der Waals surface area contributed by atoms with E-state index in [2.05, 4.69) is 4.74 Å². The first-order valence-corrected chi connectivity index (χ1v) is 12.8. The Kier molecular flexibility index (Phi) is 9.89. The molecular weight excluding hydrogens is 577 g/mol. The smallest absolute Gasteiger partial charge is 0.426 e. The van der Waals surface area contributed by atoms with Crippen LogP contribution in [0, 0.1) is 0 Å². The number of ether oxygens (including phenoxy) is 1. The molecule has 1 aromatic carbocycles. The van der Waals surface area contributed by atoms with E-state index in [1.807, 2.05) is 9.80 Å².